The van der Waals surface area contributed by atoms with Gasteiger partial charge < -0.3 is 0 Å². The molecule has 0 bridgehead atoms. The topological polar surface area (TPSA) is 59.4 Å². The predicted molar refractivity (Wildman–Crippen MR) is 32.3 cm³/mol. The first kappa shape index (κ1) is 5.16. The van der Waals surface area contributed by atoms with Gasteiger partial charge in [-0.15, -0.1) is 0 Å². The highest BCUT2D eigenvalue weighted by molar-refractivity contribution is 5.19. The Morgan fingerprint density at radius 1 is 1.60 bits per heavy atom. The quantitative estimate of drug-likeness (QED) is 0.587. The predicted octanol–water partition coefficient (Wildman–Crippen LogP) is -0.209. The molecule has 0 aliphatic rings. The molecule has 0 spiro atoms. The summed E-state index contributed by atoms with van der Waals surface area (Å²) < 4.78 is 1.57. The normalized spacial score (nSPS) is 10.0. The summed E-state index contributed by atoms with van der Waals surface area (Å²) in [7, 11) is 0. The molecular weight excluding hydrogens is 130 g/mol. The fourth-order valence-electron chi connectivity index (χ4n) is 0.665. The van der Waals surface area contributed by atoms with Gasteiger partial charge in [0.2, 0.25) is 0 Å². The van der Waals surface area contributed by atoms with Gasteiger partial charge in [-0.2, -0.15) is 10.2 Å². The molecule has 2 heterocycles. The van der Waals surface area contributed by atoms with Gasteiger partial charge in [-0.3, -0.25) is 5.10 Å². The van der Waals surface area contributed by atoms with Crippen molar-refractivity contribution in [2.45, 2.75) is 0 Å². The number of hydrogen-bond donors (Lipinski definition) is 1. The van der Waals surface area contributed by atoms with Crippen molar-refractivity contribution < 1.29 is 0 Å². The number of aromatic amines is 1. The molecule has 0 fully saturated rings. The van der Waals surface area contributed by atoms with E-state index in [2.05, 4.69) is 26.5 Å². The van der Waals surface area contributed by atoms with Crippen molar-refractivity contribution in [3.05, 3.63) is 25.0 Å². The molecule has 5 heteroatoms. The first-order valence-corrected chi connectivity index (χ1v) is 2.73. The van der Waals surface area contributed by atoms with Crippen molar-refractivity contribution >= 4 is 0 Å². The highest BCUT2D eigenvalue weighted by atomic mass is 15.3. The fourth-order valence-corrected chi connectivity index (χ4v) is 0.665. The Morgan fingerprint density at radius 3 is 3.20 bits per heavy atom. The molecule has 0 aliphatic carbocycles. The van der Waals surface area contributed by atoms with Crippen LogP contribution in [0, 0.1) is 6.20 Å². The summed E-state index contributed by atoms with van der Waals surface area (Å²) >= 11 is 0. The van der Waals surface area contributed by atoms with Gasteiger partial charge in [0.05, 0.1) is 0 Å². The lowest BCUT2D eigenvalue weighted by molar-refractivity contribution is 0.878. The molecule has 49 valence electrons. The van der Waals surface area contributed by atoms with Crippen LogP contribution < -0.4 is 0 Å². The Kier molecular flexibility index (Phi) is 1.00. The summed E-state index contributed by atoms with van der Waals surface area (Å²) in [5.74, 6) is 0. The zero-order valence-electron chi connectivity index (χ0n) is 5.02. The minimum atomic E-state index is 0.762. The Bertz CT molecular complexity index is 249. The zero-order valence-corrected chi connectivity index (χ0v) is 5.02. The van der Waals surface area contributed by atoms with Gasteiger partial charge in [0.1, 0.15) is 24.5 Å². The zero-order chi connectivity index (χ0) is 6.81. The molecule has 0 aliphatic heterocycles. The second-order valence-corrected chi connectivity index (χ2v) is 1.72. The lowest BCUT2D eigenvalue weighted by Crippen LogP contribution is -1.90. The van der Waals surface area contributed by atoms with E-state index >= 15 is 0 Å². The van der Waals surface area contributed by atoms with Crippen LogP contribution >= 0.6 is 0 Å². The van der Waals surface area contributed by atoms with E-state index < -0.39 is 0 Å². The fraction of sp³-hybridized carbons (Fsp3) is 0. The van der Waals surface area contributed by atoms with Crippen LogP contribution in [0.5, 0.6) is 0 Å². The monoisotopic (exact) mass is 134 g/mol. The smallest absolute Gasteiger partial charge is 0.140 e. The largest absolute Gasteiger partial charge is 0.283 e. The molecule has 0 saturated carbocycles. The number of rotatable bonds is 1. The third-order valence-corrected chi connectivity index (χ3v) is 1.10. The molecule has 1 radical (unpaired) electrons. The second-order valence-electron chi connectivity index (χ2n) is 1.72. The molecule has 0 amide bonds. The van der Waals surface area contributed by atoms with Crippen molar-refractivity contribution in [2.24, 2.45) is 0 Å². The molecule has 0 atom stereocenters. The van der Waals surface area contributed by atoms with Gasteiger partial charge in [-0.1, -0.05) is 0 Å². The first-order chi connectivity index (χ1) is 4.97. The Labute approximate surface area is 56.7 Å². The van der Waals surface area contributed by atoms with Crippen molar-refractivity contribution in [3.63, 3.8) is 0 Å². The summed E-state index contributed by atoms with van der Waals surface area (Å²) in [6.07, 6.45) is 7.43. The minimum Gasteiger partial charge on any atom is -0.283 e. The lowest BCUT2D eigenvalue weighted by atomic mass is 10.6. The van der Waals surface area contributed by atoms with Crippen LogP contribution in [0.1, 0.15) is 0 Å². The summed E-state index contributed by atoms with van der Waals surface area (Å²) in [4.78, 5) is 3.77. The van der Waals surface area contributed by atoms with Crippen LogP contribution in [0.2, 0.25) is 0 Å². The molecule has 5 nitrogen and oxygen atoms in total. The number of nitrogens with zero attached hydrogens (tertiary/aromatic N) is 4. The molecule has 0 saturated heterocycles. The van der Waals surface area contributed by atoms with Crippen LogP contribution in [0.25, 0.3) is 5.69 Å². The Balaban J connectivity index is 2.48. The molecule has 10 heavy (non-hydrogen) atoms. The first-order valence-electron chi connectivity index (χ1n) is 2.73. The highest BCUT2D eigenvalue weighted by Crippen LogP contribution is 1.97. The Morgan fingerprint density at radius 2 is 2.60 bits per heavy atom. The van der Waals surface area contributed by atoms with Gasteiger partial charge in [-0.25, -0.2) is 9.67 Å². The molecule has 2 aromatic rings. The minimum absolute atomic E-state index is 0.762. The molecule has 0 unspecified atom stereocenters. The third-order valence-electron chi connectivity index (χ3n) is 1.10. The van der Waals surface area contributed by atoms with Gasteiger partial charge in [0.25, 0.3) is 0 Å². The van der Waals surface area contributed by atoms with E-state index in [1.165, 1.54) is 6.33 Å². The van der Waals surface area contributed by atoms with Crippen LogP contribution in [0.3, 0.4) is 0 Å². The van der Waals surface area contributed by atoms with Crippen molar-refractivity contribution in [1.29, 1.82) is 0 Å². The van der Waals surface area contributed by atoms with E-state index in [1.54, 1.807) is 17.2 Å². The van der Waals surface area contributed by atoms with E-state index in [4.69, 9.17) is 0 Å². The maximum absolute atomic E-state index is 3.87. The maximum Gasteiger partial charge on any atom is 0.140 e. The van der Waals surface area contributed by atoms with Gasteiger partial charge in [0.15, 0.2) is 0 Å². The number of H-pyrrole nitrogens is 1. The van der Waals surface area contributed by atoms with Crippen molar-refractivity contribution in [2.75, 3.05) is 0 Å². The third kappa shape index (κ3) is 0.680. The number of hydrogen-bond acceptors (Lipinski definition) is 3. The number of aromatic nitrogens is 5. The van der Waals surface area contributed by atoms with Crippen LogP contribution in [-0.2, 0) is 0 Å². The summed E-state index contributed by atoms with van der Waals surface area (Å²) in [6.45, 7) is 0. The van der Waals surface area contributed by atoms with Crippen LogP contribution in [0.15, 0.2) is 18.9 Å². The average Bonchev–Trinajstić information content (AvgIpc) is 2.59. The van der Waals surface area contributed by atoms with Gasteiger partial charge >= 0.3 is 0 Å². The molecule has 0 aromatic carbocycles. The standard InChI is InChI=1S/C5H4N5/c1-5(2-8-7-1)10-4-6-3-9-10/h1,3-4H,(H,7,8). The van der Waals surface area contributed by atoms with Crippen molar-refractivity contribution in [3.8, 4) is 5.69 Å². The summed E-state index contributed by atoms with van der Waals surface area (Å²) in [5, 5.41) is 10.1. The average molecular weight is 134 g/mol. The summed E-state index contributed by atoms with van der Waals surface area (Å²) in [5.41, 5.74) is 0.762. The van der Waals surface area contributed by atoms with E-state index in [0.29, 0.717) is 0 Å². The van der Waals surface area contributed by atoms with Gasteiger partial charge in [0, 0.05) is 6.20 Å². The van der Waals surface area contributed by atoms with E-state index in [-0.39, 0.29) is 0 Å². The Hall–Kier alpha value is -1.65. The van der Waals surface area contributed by atoms with Gasteiger partial charge in [-0.05, 0) is 0 Å². The molecule has 2 aromatic heterocycles. The SMILES string of the molecule is [c]1n[nH]cc1-n1cncn1. The summed E-state index contributed by atoms with van der Waals surface area (Å²) in [6, 6.07) is 0. The highest BCUT2D eigenvalue weighted by Gasteiger charge is 1.95. The van der Waals surface area contributed by atoms with Crippen LogP contribution in [-0.4, -0.2) is 25.0 Å². The lowest BCUT2D eigenvalue weighted by Gasteiger charge is -1.88. The molecule has 1 N–H and O–H groups in total. The van der Waals surface area contributed by atoms with E-state index in [9.17, 15) is 0 Å². The molecular formula is C5H4N5. The van der Waals surface area contributed by atoms with Crippen molar-refractivity contribution in [1.82, 2.24) is 25.0 Å². The maximum atomic E-state index is 3.87. The van der Waals surface area contributed by atoms with E-state index in [1.807, 2.05) is 0 Å². The molecule has 2 rings (SSSR count). The second kappa shape index (κ2) is 1.94. The van der Waals surface area contributed by atoms with Crippen LogP contribution in [0.4, 0.5) is 0 Å². The van der Waals surface area contributed by atoms with E-state index in [0.717, 1.165) is 5.69 Å². The number of nitrogens with one attached hydrogen (secondary N) is 1.